The monoisotopic (exact) mass is 413 g/mol. The molecule has 0 atom stereocenters. The Kier molecular flexibility index (Phi) is 6.59. The van der Waals surface area contributed by atoms with Crippen molar-refractivity contribution >= 4 is 23.2 Å². The third-order valence-corrected chi connectivity index (χ3v) is 9.66. The van der Waals surface area contributed by atoms with Crippen molar-refractivity contribution in [3.8, 4) is 5.75 Å². The maximum atomic E-state index is 5.94. The summed E-state index contributed by atoms with van der Waals surface area (Å²) in [7, 11) is -0.304. The highest BCUT2D eigenvalue weighted by atomic mass is 31.2. The maximum Gasteiger partial charge on any atom is 0.188 e. The standard InChI is InChI=1S/C27H26O2P/c1-28-22-29-27-20-12-11-13-23(27)21-30(24-14-5-2-6-15-24,25-16-7-3-8-17-25)26-18-9-4-10-19-26/h2-20H,21-22H2,1H3/q+1. The summed E-state index contributed by atoms with van der Waals surface area (Å²) in [5, 5.41) is 4.09. The van der Waals surface area contributed by atoms with Gasteiger partial charge in [-0.25, -0.2) is 0 Å². The fourth-order valence-corrected chi connectivity index (χ4v) is 8.18. The molecule has 30 heavy (non-hydrogen) atoms. The first-order valence-electron chi connectivity index (χ1n) is 10.1. The summed E-state index contributed by atoms with van der Waals surface area (Å²) in [4.78, 5) is 0. The van der Waals surface area contributed by atoms with Gasteiger partial charge >= 0.3 is 0 Å². The fraction of sp³-hybridized carbons (Fsp3) is 0.111. The van der Waals surface area contributed by atoms with E-state index in [1.54, 1.807) is 7.11 Å². The molecule has 150 valence electrons. The smallest absolute Gasteiger partial charge is 0.188 e. The van der Waals surface area contributed by atoms with Crippen LogP contribution in [0.2, 0.25) is 0 Å². The third-order valence-electron chi connectivity index (χ3n) is 5.30. The first-order valence-corrected chi connectivity index (χ1v) is 12.1. The molecule has 0 bridgehead atoms. The van der Waals surface area contributed by atoms with Gasteiger partial charge in [-0.15, -0.1) is 0 Å². The van der Waals surface area contributed by atoms with Crippen molar-refractivity contribution in [1.82, 2.24) is 0 Å². The summed E-state index contributed by atoms with van der Waals surface area (Å²) in [6, 6.07) is 41.0. The molecule has 3 heteroatoms. The highest BCUT2D eigenvalue weighted by Gasteiger charge is 2.45. The van der Waals surface area contributed by atoms with Crippen LogP contribution in [0.3, 0.4) is 0 Å². The van der Waals surface area contributed by atoms with Crippen LogP contribution in [0.15, 0.2) is 115 Å². The summed E-state index contributed by atoms with van der Waals surface area (Å²) in [5.41, 5.74) is 1.19. The molecule has 0 N–H and O–H groups in total. The largest absolute Gasteiger partial charge is 0.467 e. The molecule has 4 aromatic carbocycles. The molecule has 0 aliphatic carbocycles. The molecule has 0 spiro atoms. The van der Waals surface area contributed by atoms with Crippen LogP contribution in [0.25, 0.3) is 0 Å². The van der Waals surface area contributed by atoms with Crippen LogP contribution in [-0.4, -0.2) is 13.9 Å². The van der Waals surface area contributed by atoms with Gasteiger partial charge in [0, 0.05) is 12.7 Å². The van der Waals surface area contributed by atoms with Crippen LogP contribution < -0.4 is 20.7 Å². The van der Waals surface area contributed by atoms with E-state index in [4.69, 9.17) is 9.47 Å². The van der Waals surface area contributed by atoms with Gasteiger partial charge in [0.15, 0.2) is 6.79 Å². The molecule has 0 radical (unpaired) electrons. The van der Waals surface area contributed by atoms with Gasteiger partial charge in [0.2, 0.25) is 0 Å². The van der Waals surface area contributed by atoms with Crippen LogP contribution in [0.1, 0.15) is 5.56 Å². The number of para-hydroxylation sites is 1. The molecule has 4 aromatic rings. The molecular formula is C27H26O2P+. The van der Waals surface area contributed by atoms with Crippen molar-refractivity contribution in [2.45, 2.75) is 6.16 Å². The predicted octanol–water partition coefficient (Wildman–Crippen LogP) is 5.16. The molecule has 0 heterocycles. The number of ether oxygens (including phenoxy) is 2. The van der Waals surface area contributed by atoms with Gasteiger partial charge in [0.1, 0.15) is 35.1 Å². The van der Waals surface area contributed by atoms with E-state index in [1.165, 1.54) is 21.5 Å². The lowest BCUT2D eigenvalue weighted by Crippen LogP contribution is -2.32. The van der Waals surface area contributed by atoms with Gasteiger partial charge in [-0.3, -0.25) is 0 Å². The van der Waals surface area contributed by atoms with E-state index in [9.17, 15) is 0 Å². The molecule has 0 unspecified atom stereocenters. The fourth-order valence-electron chi connectivity index (χ4n) is 3.92. The van der Waals surface area contributed by atoms with E-state index in [0.717, 1.165) is 11.9 Å². The molecule has 0 aliphatic heterocycles. The van der Waals surface area contributed by atoms with Crippen LogP contribution in [0.4, 0.5) is 0 Å². The number of methoxy groups -OCH3 is 1. The second kappa shape index (κ2) is 9.71. The molecular weight excluding hydrogens is 387 g/mol. The molecule has 0 aromatic heterocycles. The van der Waals surface area contributed by atoms with Crippen molar-refractivity contribution in [3.63, 3.8) is 0 Å². The molecule has 2 nitrogen and oxygen atoms in total. The number of hydrogen-bond donors (Lipinski definition) is 0. The van der Waals surface area contributed by atoms with E-state index in [-0.39, 0.29) is 6.79 Å². The lowest BCUT2D eigenvalue weighted by molar-refractivity contribution is 0.0506. The summed E-state index contributed by atoms with van der Waals surface area (Å²) >= 11 is 0. The van der Waals surface area contributed by atoms with E-state index >= 15 is 0 Å². The van der Waals surface area contributed by atoms with Gasteiger partial charge in [-0.05, 0) is 42.5 Å². The third kappa shape index (κ3) is 4.16. The zero-order chi connectivity index (χ0) is 20.7. The second-order valence-electron chi connectivity index (χ2n) is 7.13. The lowest BCUT2D eigenvalue weighted by Gasteiger charge is -2.28. The number of hydrogen-bond acceptors (Lipinski definition) is 2. The highest BCUT2D eigenvalue weighted by Crippen LogP contribution is 2.58. The summed E-state index contributed by atoms with van der Waals surface area (Å²) < 4.78 is 11.1. The lowest BCUT2D eigenvalue weighted by atomic mass is 10.2. The Morgan fingerprint density at radius 3 is 1.47 bits per heavy atom. The average Bonchev–Trinajstić information content (AvgIpc) is 2.83. The quantitative estimate of drug-likeness (QED) is 0.293. The van der Waals surface area contributed by atoms with Crippen molar-refractivity contribution in [1.29, 1.82) is 0 Å². The van der Waals surface area contributed by atoms with Gasteiger partial charge in [-0.2, -0.15) is 0 Å². The Bertz CT molecular complexity index is 953. The van der Waals surface area contributed by atoms with Gasteiger partial charge in [0.25, 0.3) is 0 Å². The summed E-state index contributed by atoms with van der Waals surface area (Å²) in [6.45, 7) is 0.241. The van der Waals surface area contributed by atoms with Crippen molar-refractivity contribution in [2.24, 2.45) is 0 Å². The Morgan fingerprint density at radius 2 is 1.00 bits per heavy atom. The van der Waals surface area contributed by atoms with Gasteiger partial charge < -0.3 is 9.47 Å². The number of benzene rings is 4. The van der Waals surface area contributed by atoms with Crippen LogP contribution >= 0.6 is 7.26 Å². The van der Waals surface area contributed by atoms with Crippen molar-refractivity contribution in [3.05, 3.63) is 121 Å². The van der Waals surface area contributed by atoms with E-state index < -0.39 is 7.26 Å². The first-order chi connectivity index (χ1) is 14.8. The van der Waals surface area contributed by atoms with Crippen molar-refractivity contribution < 1.29 is 9.47 Å². The van der Waals surface area contributed by atoms with E-state index in [2.05, 4.69) is 103 Å². The minimum absolute atomic E-state index is 0.241. The average molecular weight is 413 g/mol. The molecule has 0 amide bonds. The molecule has 0 aliphatic rings. The molecule has 0 saturated carbocycles. The minimum atomic E-state index is -1.96. The molecule has 0 saturated heterocycles. The Hall–Kier alpha value is -2.93. The van der Waals surface area contributed by atoms with Gasteiger partial charge in [-0.1, -0.05) is 72.8 Å². The van der Waals surface area contributed by atoms with E-state index in [1.807, 2.05) is 12.1 Å². The Morgan fingerprint density at radius 1 is 0.567 bits per heavy atom. The van der Waals surface area contributed by atoms with Crippen LogP contribution in [0, 0.1) is 0 Å². The first kappa shape index (κ1) is 20.3. The molecule has 4 rings (SSSR count). The highest BCUT2D eigenvalue weighted by molar-refractivity contribution is 7.95. The zero-order valence-corrected chi connectivity index (χ0v) is 18.0. The maximum absolute atomic E-state index is 5.94. The van der Waals surface area contributed by atoms with Crippen LogP contribution in [0.5, 0.6) is 5.75 Å². The number of rotatable bonds is 8. The topological polar surface area (TPSA) is 18.5 Å². The zero-order valence-electron chi connectivity index (χ0n) is 17.1. The Balaban J connectivity index is 1.95. The van der Waals surface area contributed by atoms with Crippen molar-refractivity contribution in [2.75, 3.05) is 13.9 Å². The molecule has 0 fully saturated rings. The van der Waals surface area contributed by atoms with Crippen LogP contribution in [-0.2, 0) is 10.9 Å². The summed E-state index contributed by atoms with van der Waals surface area (Å²) in [5.74, 6) is 0.881. The minimum Gasteiger partial charge on any atom is -0.467 e. The van der Waals surface area contributed by atoms with E-state index in [0.29, 0.717) is 0 Å². The van der Waals surface area contributed by atoms with Gasteiger partial charge in [0.05, 0.1) is 0 Å². The predicted molar refractivity (Wildman–Crippen MR) is 128 cm³/mol. The normalized spacial score (nSPS) is 11.2. The SMILES string of the molecule is COCOc1ccccc1C[P+](c1ccccc1)(c1ccccc1)c1ccccc1. The Labute approximate surface area is 179 Å². The summed E-state index contributed by atoms with van der Waals surface area (Å²) in [6.07, 6.45) is 0.880. The second-order valence-corrected chi connectivity index (χ2v) is 10.6.